The van der Waals surface area contributed by atoms with Gasteiger partial charge in [-0.2, -0.15) is 0 Å². The number of aliphatic imine (C=N–C) groups is 1. The van der Waals surface area contributed by atoms with Crippen LogP contribution in [0.2, 0.25) is 5.02 Å². The molecular formula is C18H23ClN2O2. The van der Waals surface area contributed by atoms with Crippen LogP contribution in [-0.2, 0) is 10.2 Å². The molecule has 0 aliphatic carbocycles. The topological polar surface area (TPSA) is 50.7 Å². The molecule has 3 rings (SSSR count). The summed E-state index contributed by atoms with van der Waals surface area (Å²) in [6.45, 7) is 7.52. The minimum atomic E-state index is -0.474. The number of methoxy groups -OCH3 is 1. The van der Waals surface area contributed by atoms with Crippen LogP contribution in [0.4, 0.5) is 5.69 Å². The highest BCUT2D eigenvalue weighted by atomic mass is 35.5. The van der Waals surface area contributed by atoms with Crippen LogP contribution in [0, 0.1) is 5.41 Å². The maximum atomic E-state index is 13.1. The van der Waals surface area contributed by atoms with E-state index in [4.69, 9.17) is 21.3 Å². The molecule has 0 amide bonds. The lowest BCUT2D eigenvalue weighted by atomic mass is 9.67. The van der Waals surface area contributed by atoms with Crippen LogP contribution in [0.3, 0.4) is 0 Å². The van der Waals surface area contributed by atoms with E-state index >= 15 is 0 Å². The number of piperidine rings is 1. The predicted octanol–water partition coefficient (Wildman–Crippen LogP) is 3.67. The van der Waals surface area contributed by atoms with E-state index in [9.17, 15) is 4.79 Å². The SMILES string of the molecule is COc1ccc(Cl)c2c1N=C(C(=O)C(C)(C)C)C21CCNCC1. The highest BCUT2D eigenvalue weighted by Gasteiger charge is 2.50. The Morgan fingerprint density at radius 2 is 1.96 bits per heavy atom. The van der Waals surface area contributed by atoms with Gasteiger partial charge < -0.3 is 10.1 Å². The van der Waals surface area contributed by atoms with Crippen LogP contribution in [0.1, 0.15) is 39.2 Å². The van der Waals surface area contributed by atoms with Gasteiger partial charge in [0.05, 0.1) is 12.8 Å². The van der Waals surface area contributed by atoms with Gasteiger partial charge in [-0.15, -0.1) is 0 Å². The number of rotatable bonds is 2. The van der Waals surface area contributed by atoms with E-state index in [1.165, 1.54) is 0 Å². The van der Waals surface area contributed by atoms with Gasteiger partial charge >= 0.3 is 0 Å². The molecule has 0 saturated carbocycles. The van der Waals surface area contributed by atoms with Crippen molar-refractivity contribution in [3.05, 3.63) is 22.7 Å². The third-order valence-electron chi connectivity index (χ3n) is 4.82. The Morgan fingerprint density at radius 1 is 1.30 bits per heavy atom. The number of Topliss-reactive ketones (excluding diaryl/α,β-unsaturated/α-hetero) is 1. The third-order valence-corrected chi connectivity index (χ3v) is 5.13. The molecule has 1 spiro atoms. The molecule has 124 valence electrons. The molecule has 1 fully saturated rings. The predicted molar refractivity (Wildman–Crippen MR) is 93.3 cm³/mol. The first-order chi connectivity index (χ1) is 10.8. The number of ketones is 1. The first-order valence-corrected chi connectivity index (χ1v) is 8.41. The van der Waals surface area contributed by atoms with E-state index in [0.717, 1.165) is 37.2 Å². The zero-order valence-electron chi connectivity index (χ0n) is 14.1. The fourth-order valence-corrected chi connectivity index (χ4v) is 3.91. The zero-order chi connectivity index (χ0) is 16.8. The Balaban J connectivity index is 2.24. The maximum absolute atomic E-state index is 13.1. The highest BCUT2D eigenvalue weighted by molar-refractivity contribution is 6.47. The van der Waals surface area contributed by atoms with Crippen LogP contribution in [-0.4, -0.2) is 31.7 Å². The summed E-state index contributed by atoms with van der Waals surface area (Å²) < 4.78 is 5.47. The van der Waals surface area contributed by atoms with E-state index in [1.54, 1.807) is 7.11 Å². The number of halogens is 1. The molecule has 0 radical (unpaired) electrons. The molecular weight excluding hydrogens is 312 g/mol. The number of fused-ring (bicyclic) bond motifs is 2. The Morgan fingerprint density at radius 3 is 2.52 bits per heavy atom. The van der Waals surface area contributed by atoms with Gasteiger partial charge in [-0.05, 0) is 38.1 Å². The van der Waals surface area contributed by atoms with Crippen LogP contribution < -0.4 is 10.1 Å². The second kappa shape index (κ2) is 5.60. The standard InChI is InChI=1S/C18H23ClN2O2/c1-17(2,3)16(22)15-18(7-9-20-10-8-18)13-11(19)5-6-12(23-4)14(13)21-15/h5-6,20H,7-10H2,1-4H3. The second-order valence-corrected chi connectivity index (χ2v) is 7.75. The number of carbonyl (C=O) groups excluding carboxylic acids is 1. The van der Waals surface area contributed by atoms with Crippen molar-refractivity contribution < 1.29 is 9.53 Å². The van der Waals surface area contributed by atoms with E-state index < -0.39 is 10.8 Å². The van der Waals surface area contributed by atoms with E-state index in [2.05, 4.69) is 5.32 Å². The van der Waals surface area contributed by atoms with Crippen molar-refractivity contribution in [1.82, 2.24) is 5.32 Å². The van der Waals surface area contributed by atoms with Gasteiger partial charge in [-0.1, -0.05) is 32.4 Å². The normalized spacial score (nSPS) is 19.4. The summed E-state index contributed by atoms with van der Waals surface area (Å²) in [4.78, 5) is 17.8. The monoisotopic (exact) mass is 334 g/mol. The number of hydrogen-bond donors (Lipinski definition) is 1. The summed E-state index contributed by atoms with van der Waals surface area (Å²) in [7, 11) is 1.62. The van der Waals surface area contributed by atoms with Crippen LogP contribution >= 0.6 is 11.6 Å². The van der Waals surface area contributed by atoms with Gasteiger partial charge in [0, 0.05) is 21.4 Å². The minimum Gasteiger partial charge on any atom is -0.494 e. The van der Waals surface area contributed by atoms with Crippen molar-refractivity contribution in [1.29, 1.82) is 0 Å². The fourth-order valence-electron chi connectivity index (χ4n) is 3.58. The lowest BCUT2D eigenvalue weighted by Crippen LogP contribution is -2.49. The van der Waals surface area contributed by atoms with Crippen molar-refractivity contribution in [2.45, 2.75) is 39.0 Å². The quantitative estimate of drug-likeness (QED) is 0.897. The van der Waals surface area contributed by atoms with Gasteiger partial charge in [0.15, 0.2) is 5.78 Å². The Bertz CT molecular complexity index is 683. The zero-order valence-corrected chi connectivity index (χ0v) is 14.9. The Labute approximate surface area is 142 Å². The lowest BCUT2D eigenvalue weighted by molar-refractivity contribution is -0.120. The molecule has 1 saturated heterocycles. The lowest BCUT2D eigenvalue weighted by Gasteiger charge is -2.37. The van der Waals surface area contributed by atoms with Crippen molar-refractivity contribution in [3.8, 4) is 5.75 Å². The van der Waals surface area contributed by atoms with Gasteiger partial charge in [0.25, 0.3) is 0 Å². The number of hydrogen-bond acceptors (Lipinski definition) is 4. The summed E-state index contributed by atoms with van der Waals surface area (Å²) in [5.41, 5.74) is 1.48. The van der Waals surface area contributed by atoms with Crippen LogP contribution in [0.25, 0.3) is 0 Å². The van der Waals surface area contributed by atoms with Crippen LogP contribution in [0.15, 0.2) is 17.1 Å². The average Bonchev–Trinajstić information content (AvgIpc) is 2.82. The van der Waals surface area contributed by atoms with Crippen molar-refractivity contribution in [2.24, 2.45) is 10.4 Å². The smallest absolute Gasteiger partial charge is 0.183 e. The number of carbonyl (C=O) groups is 1. The van der Waals surface area contributed by atoms with E-state index in [1.807, 2.05) is 32.9 Å². The largest absolute Gasteiger partial charge is 0.494 e. The molecule has 1 aromatic rings. The third kappa shape index (κ3) is 2.48. The fraction of sp³-hybridized carbons (Fsp3) is 0.556. The van der Waals surface area contributed by atoms with Crippen molar-refractivity contribution in [3.63, 3.8) is 0 Å². The Hall–Kier alpha value is -1.39. The molecule has 5 heteroatoms. The first kappa shape index (κ1) is 16.5. The first-order valence-electron chi connectivity index (χ1n) is 8.03. The van der Waals surface area contributed by atoms with Gasteiger partial charge in [-0.25, -0.2) is 4.99 Å². The van der Waals surface area contributed by atoms with E-state index in [0.29, 0.717) is 16.5 Å². The Kier molecular flexibility index (Phi) is 4.01. The minimum absolute atomic E-state index is 0.0914. The number of benzene rings is 1. The summed E-state index contributed by atoms with van der Waals surface area (Å²) in [6.07, 6.45) is 1.65. The van der Waals surface area contributed by atoms with Crippen molar-refractivity contribution >= 4 is 28.8 Å². The average molecular weight is 335 g/mol. The molecule has 1 aromatic carbocycles. The summed E-state index contributed by atoms with van der Waals surface area (Å²) in [6, 6.07) is 3.67. The summed E-state index contributed by atoms with van der Waals surface area (Å²) in [5, 5.41) is 4.04. The number of ether oxygens (including phenoxy) is 1. The summed E-state index contributed by atoms with van der Waals surface area (Å²) >= 11 is 6.55. The molecule has 0 unspecified atom stereocenters. The van der Waals surface area contributed by atoms with Crippen LogP contribution in [0.5, 0.6) is 5.75 Å². The maximum Gasteiger partial charge on any atom is 0.183 e. The molecule has 1 N–H and O–H groups in total. The molecule has 0 aromatic heterocycles. The van der Waals surface area contributed by atoms with Crippen molar-refractivity contribution in [2.75, 3.05) is 20.2 Å². The van der Waals surface area contributed by atoms with Gasteiger partial charge in [-0.3, -0.25) is 4.79 Å². The molecule has 2 aliphatic heterocycles. The highest BCUT2D eigenvalue weighted by Crippen LogP contribution is 2.53. The van der Waals surface area contributed by atoms with Gasteiger partial charge in [0.2, 0.25) is 0 Å². The molecule has 0 bridgehead atoms. The summed E-state index contributed by atoms with van der Waals surface area (Å²) in [5.74, 6) is 0.771. The molecule has 2 heterocycles. The second-order valence-electron chi connectivity index (χ2n) is 7.34. The molecule has 23 heavy (non-hydrogen) atoms. The molecule has 4 nitrogen and oxygen atoms in total. The number of nitrogens with zero attached hydrogens (tertiary/aromatic N) is 1. The molecule has 2 aliphatic rings. The van der Waals surface area contributed by atoms with Gasteiger partial charge in [0.1, 0.15) is 11.4 Å². The van der Waals surface area contributed by atoms with E-state index in [-0.39, 0.29) is 5.78 Å². The molecule has 0 atom stereocenters. The number of nitrogens with one attached hydrogen (secondary N) is 1.